The van der Waals surface area contributed by atoms with Crippen LogP contribution < -0.4 is 5.32 Å². The highest BCUT2D eigenvalue weighted by molar-refractivity contribution is 6.01. The van der Waals surface area contributed by atoms with Crippen molar-refractivity contribution in [3.63, 3.8) is 0 Å². The molecule has 1 N–H and O–H groups in total. The lowest BCUT2D eigenvalue weighted by molar-refractivity contribution is -0.137. The molecule has 2 aliphatic heterocycles. The molecule has 0 radical (unpaired) electrons. The lowest BCUT2D eigenvalue weighted by Crippen LogP contribution is -2.43. The van der Waals surface area contributed by atoms with Crippen LogP contribution in [0.25, 0.3) is 0 Å². The Morgan fingerprint density at radius 3 is 2.87 bits per heavy atom. The average molecular weight is 213 g/mol. The van der Waals surface area contributed by atoms with Crippen LogP contribution >= 0.6 is 0 Å². The predicted molar refractivity (Wildman–Crippen MR) is 51.3 cm³/mol. The Morgan fingerprint density at radius 1 is 1.33 bits per heavy atom. The van der Waals surface area contributed by atoms with Gasteiger partial charge in [-0.3, -0.25) is 9.59 Å². The molecule has 5 nitrogen and oxygen atoms in total. The first-order chi connectivity index (χ1) is 7.25. The van der Waals surface area contributed by atoms with Crippen LogP contribution in [0, 0.1) is 5.92 Å². The molecule has 0 aliphatic carbocycles. The molecule has 0 aromatic heterocycles. The van der Waals surface area contributed by atoms with E-state index in [2.05, 4.69) is 5.32 Å². The van der Waals surface area contributed by atoms with Gasteiger partial charge in [-0.25, -0.2) is 0 Å². The summed E-state index contributed by atoms with van der Waals surface area (Å²) < 4.78 is 10.7. The van der Waals surface area contributed by atoms with Gasteiger partial charge in [-0.2, -0.15) is 0 Å². The third kappa shape index (κ3) is 2.76. The number of amides is 1. The first-order valence-corrected chi connectivity index (χ1v) is 5.24. The lowest BCUT2D eigenvalue weighted by atomic mass is 9.92. The Hall–Kier alpha value is -0.940. The molecule has 5 heteroatoms. The van der Waals surface area contributed by atoms with E-state index in [0.717, 1.165) is 0 Å². The van der Waals surface area contributed by atoms with Crippen molar-refractivity contribution in [3.05, 3.63) is 0 Å². The van der Waals surface area contributed by atoms with Crippen molar-refractivity contribution < 1.29 is 19.1 Å². The number of carbonyl (C=O) groups excluding carboxylic acids is 2. The number of piperidine rings is 1. The monoisotopic (exact) mass is 213 g/mol. The second-order valence-corrected chi connectivity index (χ2v) is 3.95. The summed E-state index contributed by atoms with van der Waals surface area (Å²) in [6, 6.07) is 0. The topological polar surface area (TPSA) is 64.6 Å². The molecule has 0 spiro atoms. The molecule has 2 rings (SSSR count). The molecule has 0 saturated carbocycles. The number of nitrogens with one attached hydrogen (secondary N) is 1. The molecule has 0 aromatic carbocycles. The highest BCUT2D eigenvalue weighted by Gasteiger charge is 2.30. The fourth-order valence-electron chi connectivity index (χ4n) is 1.92. The average Bonchev–Trinajstić information content (AvgIpc) is 2.24. The molecule has 2 heterocycles. The van der Waals surface area contributed by atoms with Gasteiger partial charge in [0.15, 0.2) is 0 Å². The molecule has 2 atom stereocenters. The number of hydrogen-bond donors (Lipinski definition) is 1. The van der Waals surface area contributed by atoms with Gasteiger partial charge in [0.2, 0.25) is 5.91 Å². The zero-order valence-electron chi connectivity index (χ0n) is 8.53. The van der Waals surface area contributed by atoms with Crippen molar-refractivity contribution in [2.75, 3.05) is 26.4 Å². The molecule has 2 fully saturated rings. The van der Waals surface area contributed by atoms with Crippen LogP contribution in [0.4, 0.5) is 0 Å². The van der Waals surface area contributed by atoms with Crippen LogP contribution in [0.3, 0.4) is 0 Å². The van der Waals surface area contributed by atoms with E-state index in [4.69, 9.17) is 9.47 Å². The zero-order chi connectivity index (χ0) is 10.7. The van der Waals surface area contributed by atoms with Gasteiger partial charge in [-0.05, 0) is 6.42 Å². The Bertz CT molecular complexity index is 260. The van der Waals surface area contributed by atoms with Crippen LogP contribution in [0.5, 0.6) is 0 Å². The smallest absolute Gasteiger partial charge is 0.227 e. The SMILES string of the molecule is O=C1CC(=O)C(C[C@H]2COCCO2)CN1. The summed E-state index contributed by atoms with van der Waals surface area (Å²) in [6.07, 6.45) is 0.667. The molecular formula is C10H15NO4. The number of rotatable bonds is 2. The zero-order valence-corrected chi connectivity index (χ0v) is 8.53. The maximum Gasteiger partial charge on any atom is 0.227 e. The molecule has 1 amide bonds. The minimum Gasteiger partial charge on any atom is -0.376 e. The van der Waals surface area contributed by atoms with Gasteiger partial charge in [-0.1, -0.05) is 0 Å². The van der Waals surface area contributed by atoms with E-state index in [1.165, 1.54) is 0 Å². The third-order valence-electron chi connectivity index (χ3n) is 2.77. The maximum absolute atomic E-state index is 11.5. The summed E-state index contributed by atoms with van der Waals surface area (Å²) >= 11 is 0. The summed E-state index contributed by atoms with van der Waals surface area (Å²) in [5, 5.41) is 2.70. The predicted octanol–water partition coefficient (Wildman–Crippen LogP) is -0.503. The number of ether oxygens (including phenoxy) is 2. The summed E-state index contributed by atoms with van der Waals surface area (Å²) in [4.78, 5) is 22.4. The van der Waals surface area contributed by atoms with Gasteiger partial charge in [0, 0.05) is 12.5 Å². The number of Topliss-reactive ketones (excluding diaryl/α,β-unsaturated/α-hetero) is 1. The molecule has 2 aliphatic rings. The Balaban J connectivity index is 1.82. The van der Waals surface area contributed by atoms with Gasteiger partial charge in [0.1, 0.15) is 5.78 Å². The van der Waals surface area contributed by atoms with E-state index in [1.54, 1.807) is 0 Å². The quantitative estimate of drug-likeness (QED) is 0.628. The van der Waals surface area contributed by atoms with Crippen LogP contribution in [0.2, 0.25) is 0 Å². The van der Waals surface area contributed by atoms with E-state index in [9.17, 15) is 9.59 Å². The van der Waals surface area contributed by atoms with Crippen LogP contribution in [-0.2, 0) is 19.1 Å². The molecule has 15 heavy (non-hydrogen) atoms. The molecule has 0 bridgehead atoms. The first-order valence-electron chi connectivity index (χ1n) is 5.24. The number of hydrogen-bond acceptors (Lipinski definition) is 4. The molecule has 1 unspecified atom stereocenters. The van der Waals surface area contributed by atoms with E-state index < -0.39 is 0 Å². The van der Waals surface area contributed by atoms with Crippen LogP contribution in [-0.4, -0.2) is 44.2 Å². The fourth-order valence-corrected chi connectivity index (χ4v) is 1.92. The van der Waals surface area contributed by atoms with E-state index in [0.29, 0.717) is 32.8 Å². The van der Waals surface area contributed by atoms with E-state index in [-0.39, 0.29) is 30.1 Å². The van der Waals surface area contributed by atoms with Gasteiger partial charge < -0.3 is 14.8 Å². The second-order valence-electron chi connectivity index (χ2n) is 3.95. The number of carbonyl (C=O) groups is 2. The summed E-state index contributed by atoms with van der Waals surface area (Å²) in [7, 11) is 0. The Labute approximate surface area is 88.1 Å². The minimum atomic E-state index is -0.169. The molecule has 0 aromatic rings. The van der Waals surface area contributed by atoms with Crippen LogP contribution in [0.1, 0.15) is 12.8 Å². The molecular weight excluding hydrogens is 198 g/mol. The minimum absolute atomic E-state index is 0.00250. The fraction of sp³-hybridized carbons (Fsp3) is 0.800. The van der Waals surface area contributed by atoms with Crippen molar-refractivity contribution in [2.45, 2.75) is 18.9 Å². The second kappa shape index (κ2) is 4.72. The maximum atomic E-state index is 11.5. The largest absolute Gasteiger partial charge is 0.376 e. The van der Waals surface area contributed by atoms with Crippen molar-refractivity contribution >= 4 is 11.7 Å². The summed E-state index contributed by atoms with van der Waals surface area (Å²) in [6.45, 7) is 2.22. The third-order valence-corrected chi connectivity index (χ3v) is 2.77. The van der Waals surface area contributed by atoms with Gasteiger partial charge in [-0.15, -0.1) is 0 Å². The molecule has 2 saturated heterocycles. The first kappa shape index (κ1) is 10.6. The highest BCUT2D eigenvalue weighted by atomic mass is 16.6. The summed E-state index contributed by atoms with van der Waals surface area (Å²) in [5.41, 5.74) is 0. The van der Waals surface area contributed by atoms with E-state index >= 15 is 0 Å². The van der Waals surface area contributed by atoms with Gasteiger partial charge in [0.05, 0.1) is 32.3 Å². The van der Waals surface area contributed by atoms with E-state index in [1.807, 2.05) is 0 Å². The number of ketones is 1. The van der Waals surface area contributed by atoms with Gasteiger partial charge in [0.25, 0.3) is 0 Å². The highest BCUT2D eigenvalue weighted by Crippen LogP contribution is 2.17. The van der Waals surface area contributed by atoms with Crippen molar-refractivity contribution in [3.8, 4) is 0 Å². The molecule has 84 valence electrons. The van der Waals surface area contributed by atoms with Gasteiger partial charge >= 0.3 is 0 Å². The summed E-state index contributed by atoms with van der Waals surface area (Å²) in [5.74, 6) is -0.251. The Morgan fingerprint density at radius 2 is 2.20 bits per heavy atom. The standard InChI is InChI=1S/C10H15NO4/c12-9-4-10(13)11-5-7(9)3-8-6-14-1-2-15-8/h7-8H,1-6H2,(H,11,13)/t7?,8-/m0/s1. The normalized spacial score (nSPS) is 32.5. The van der Waals surface area contributed by atoms with Crippen LogP contribution in [0.15, 0.2) is 0 Å². The van der Waals surface area contributed by atoms with Crippen molar-refractivity contribution in [2.24, 2.45) is 5.92 Å². The van der Waals surface area contributed by atoms with Crippen molar-refractivity contribution in [1.82, 2.24) is 5.32 Å². The van der Waals surface area contributed by atoms with Crippen molar-refractivity contribution in [1.29, 1.82) is 0 Å². The Kier molecular flexibility index (Phi) is 3.33. The lowest BCUT2D eigenvalue weighted by Gasteiger charge is -2.28.